The van der Waals surface area contributed by atoms with Crippen LogP contribution >= 0.6 is 0 Å². The van der Waals surface area contributed by atoms with E-state index in [0.29, 0.717) is 0 Å². The molecule has 0 radical (unpaired) electrons. The summed E-state index contributed by atoms with van der Waals surface area (Å²) in [5, 5.41) is 6.88. The zero-order chi connectivity index (χ0) is 32.3. The van der Waals surface area contributed by atoms with Crippen LogP contribution in [-0.2, 0) is 0 Å². The Kier molecular flexibility index (Phi) is 6.18. The molecule has 3 heteroatoms. The number of hydrogen-bond donors (Lipinski definition) is 0. The van der Waals surface area contributed by atoms with Crippen molar-refractivity contribution in [3.63, 3.8) is 0 Å². The molecule has 0 amide bonds. The van der Waals surface area contributed by atoms with Gasteiger partial charge in [0, 0.05) is 32.7 Å². The summed E-state index contributed by atoms with van der Waals surface area (Å²) < 4.78 is 6.41. The van der Waals surface area contributed by atoms with Crippen LogP contribution in [0.1, 0.15) is 0 Å². The quantitative estimate of drug-likeness (QED) is 0.183. The largest absolute Gasteiger partial charge is 0.455 e. The summed E-state index contributed by atoms with van der Waals surface area (Å²) in [5.41, 5.74) is 12.3. The van der Waals surface area contributed by atoms with Crippen molar-refractivity contribution < 1.29 is 4.42 Å². The Morgan fingerprint density at radius 3 is 1.63 bits per heavy atom. The van der Waals surface area contributed by atoms with E-state index in [9.17, 15) is 0 Å². The van der Waals surface area contributed by atoms with Crippen LogP contribution in [0.3, 0.4) is 0 Å². The minimum Gasteiger partial charge on any atom is -0.455 e. The van der Waals surface area contributed by atoms with Crippen molar-refractivity contribution in [1.29, 1.82) is 0 Å². The van der Waals surface area contributed by atoms with Crippen LogP contribution in [0, 0.1) is 0 Å². The van der Waals surface area contributed by atoms with Crippen LogP contribution < -0.4 is 0 Å². The van der Waals surface area contributed by atoms with Crippen LogP contribution in [0.5, 0.6) is 0 Å². The van der Waals surface area contributed by atoms with Gasteiger partial charge in [-0.25, -0.2) is 4.98 Å². The van der Waals surface area contributed by atoms with Crippen molar-refractivity contribution in [2.24, 2.45) is 0 Å². The van der Waals surface area contributed by atoms with Gasteiger partial charge in [-0.2, -0.15) is 0 Å². The average molecular weight is 625 g/mol. The molecule has 2 heterocycles. The van der Waals surface area contributed by atoms with Gasteiger partial charge >= 0.3 is 0 Å². The van der Waals surface area contributed by atoms with E-state index in [2.05, 4.69) is 152 Å². The molecule has 0 aliphatic heterocycles. The molecular formula is C46H28N2O. The van der Waals surface area contributed by atoms with Crippen molar-refractivity contribution in [2.45, 2.75) is 0 Å². The van der Waals surface area contributed by atoms with Crippen LogP contribution in [0.2, 0.25) is 0 Å². The SMILES string of the molecule is c1cc(-c2ccccc2-c2ccccc2-c2cnc3c4ccccc4c4ccccc4c3n2)cc(-c2cccc3c2oc2ccccc23)c1. The molecule has 3 nitrogen and oxygen atoms in total. The Morgan fingerprint density at radius 2 is 0.878 bits per heavy atom. The first-order chi connectivity index (χ1) is 24.3. The smallest absolute Gasteiger partial charge is 0.143 e. The fourth-order valence-electron chi connectivity index (χ4n) is 7.49. The molecule has 0 saturated carbocycles. The van der Waals surface area contributed by atoms with E-state index >= 15 is 0 Å². The second-order valence-electron chi connectivity index (χ2n) is 12.5. The molecule has 0 spiro atoms. The predicted molar refractivity (Wildman–Crippen MR) is 204 cm³/mol. The van der Waals surface area contributed by atoms with Gasteiger partial charge in [-0.3, -0.25) is 4.98 Å². The van der Waals surface area contributed by atoms with E-state index < -0.39 is 0 Å². The van der Waals surface area contributed by atoms with Gasteiger partial charge in [0.2, 0.25) is 0 Å². The topological polar surface area (TPSA) is 38.9 Å². The first-order valence-electron chi connectivity index (χ1n) is 16.6. The van der Waals surface area contributed by atoms with Gasteiger partial charge in [0.1, 0.15) is 11.2 Å². The zero-order valence-corrected chi connectivity index (χ0v) is 26.5. The van der Waals surface area contributed by atoms with Gasteiger partial charge in [-0.15, -0.1) is 0 Å². The summed E-state index contributed by atoms with van der Waals surface area (Å²) in [6.07, 6.45) is 1.93. The van der Waals surface area contributed by atoms with Crippen LogP contribution in [0.4, 0.5) is 0 Å². The lowest BCUT2D eigenvalue weighted by Gasteiger charge is -2.16. The summed E-state index contributed by atoms with van der Waals surface area (Å²) in [5.74, 6) is 0. The highest BCUT2D eigenvalue weighted by Crippen LogP contribution is 2.41. The summed E-state index contributed by atoms with van der Waals surface area (Å²) in [7, 11) is 0. The normalized spacial score (nSPS) is 11.7. The maximum absolute atomic E-state index is 6.41. The van der Waals surface area contributed by atoms with Crippen molar-refractivity contribution in [3.8, 4) is 44.6 Å². The van der Waals surface area contributed by atoms with Gasteiger partial charge in [-0.1, -0.05) is 152 Å². The third-order valence-corrected chi connectivity index (χ3v) is 9.74. The summed E-state index contributed by atoms with van der Waals surface area (Å²) in [6, 6.07) is 57.6. The number of para-hydroxylation sites is 2. The Labute approximate surface area is 282 Å². The lowest BCUT2D eigenvalue weighted by molar-refractivity contribution is 0.670. The van der Waals surface area contributed by atoms with Crippen LogP contribution in [-0.4, -0.2) is 9.97 Å². The maximum Gasteiger partial charge on any atom is 0.143 e. The van der Waals surface area contributed by atoms with E-state index in [1.807, 2.05) is 18.3 Å². The standard InChI is InChI=1S/C46H28N2O/c1-2-16-33(31(15-1)29-13-11-14-30(27-29)32-24-12-25-41-38-21-9-10-26-43(38)49-46(32)41)34-17-3-6-20-37(34)42-28-47-44-39-22-7-4-18-35(39)36-19-5-8-23-40(36)45(44)48-42/h1-28H. The molecule has 49 heavy (non-hydrogen) atoms. The molecule has 0 fully saturated rings. The molecule has 0 N–H and O–H groups in total. The molecule has 0 atom stereocenters. The maximum atomic E-state index is 6.41. The van der Waals surface area contributed by atoms with Crippen LogP contribution in [0.25, 0.3) is 99.2 Å². The average Bonchev–Trinajstić information content (AvgIpc) is 3.57. The number of hydrogen-bond acceptors (Lipinski definition) is 3. The molecule has 0 aliphatic rings. The van der Waals surface area contributed by atoms with E-state index in [1.165, 1.54) is 10.8 Å². The second kappa shape index (κ2) is 11.0. The molecule has 0 bridgehead atoms. The monoisotopic (exact) mass is 624 g/mol. The third kappa shape index (κ3) is 4.37. The van der Waals surface area contributed by atoms with Crippen LogP contribution in [0.15, 0.2) is 174 Å². The van der Waals surface area contributed by atoms with Gasteiger partial charge in [0.25, 0.3) is 0 Å². The van der Waals surface area contributed by atoms with E-state index in [1.54, 1.807) is 0 Å². The highest BCUT2D eigenvalue weighted by molar-refractivity contribution is 6.23. The van der Waals surface area contributed by atoms with Crippen molar-refractivity contribution in [1.82, 2.24) is 9.97 Å². The Balaban J connectivity index is 1.13. The molecule has 2 aromatic heterocycles. The molecule has 228 valence electrons. The van der Waals surface area contributed by atoms with Gasteiger partial charge in [0.05, 0.1) is 22.9 Å². The summed E-state index contributed by atoms with van der Waals surface area (Å²) in [4.78, 5) is 10.4. The van der Waals surface area contributed by atoms with Crippen molar-refractivity contribution in [3.05, 3.63) is 170 Å². The fourth-order valence-corrected chi connectivity index (χ4v) is 7.49. The lowest BCUT2D eigenvalue weighted by Crippen LogP contribution is -1.94. The first-order valence-corrected chi connectivity index (χ1v) is 16.6. The van der Waals surface area contributed by atoms with Gasteiger partial charge in [-0.05, 0) is 50.7 Å². The molecular weight excluding hydrogens is 597 g/mol. The highest BCUT2D eigenvalue weighted by atomic mass is 16.3. The predicted octanol–water partition coefficient (Wildman–Crippen LogP) is 12.5. The zero-order valence-electron chi connectivity index (χ0n) is 26.5. The summed E-state index contributed by atoms with van der Waals surface area (Å²) >= 11 is 0. The van der Waals surface area contributed by atoms with Gasteiger partial charge in [0.15, 0.2) is 0 Å². The number of fused-ring (bicyclic) bond motifs is 9. The Morgan fingerprint density at radius 1 is 0.367 bits per heavy atom. The molecule has 0 unspecified atom stereocenters. The molecule has 8 aromatic carbocycles. The van der Waals surface area contributed by atoms with E-state index in [0.717, 1.165) is 88.4 Å². The van der Waals surface area contributed by atoms with Crippen molar-refractivity contribution in [2.75, 3.05) is 0 Å². The Hall–Kier alpha value is -6.58. The number of nitrogens with zero attached hydrogens (tertiary/aromatic N) is 2. The first kappa shape index (κ1) is 27.5. The minimum absolute atomic E-state index is 0.851. The third-order valence-electron chi connectivity index (χ3n) is 9.74. The number of benzene rings is 8. The number of rotatable bonds is 4. The molecule has 0 saturated heterocycles. The fraction of sp³-hybridized carbons (Fsp3) is 0. The highest BCUT2D eigenvalue weighted by Gasteiger charge is 2.17. The van der Waals surface area contributed by atoms with Gasteiger partial charge < -0.3 is 4.42 Å². The molecule has 10 aromatic rings. The van der Waals surface area contributed by atoms with E-state index in [4.69, 9.17) is 14.4 Å². The van der Waals surface area contributed by atoms with Crippen molar-refractivity contribution >= 4 is 54.5 Å². The minimum atomic E-state index is 0.851. The Bertz CT molecular complexity index is 2870. The number of furan rings is 1. The van der Waals surface area contributed by atoms with E-state index in [-0.39, 0.29) is 0 Å². The molecule has 0 aliphatic carbocycles. The summed E-state index contributed by atoms with van der Waals surface area (Å²) in [6.45, 7) is 0. The second-order valence-corrected chi connectivity index (χ2v) is 12.5. The lowest BCUT2D eigenvalue weighted by atomic mass is 9.89. The molecule has 10 rings (SSSR count). The number of aromatic nitrogens is 2.